The Kier molecular flexibility index (Phi) is 7.52. The molecule has 1 saturated heterocycles. The molecular weight excluding hydrogens is 474 g/mol. The number of aromatic nitrogens is 1. The summed E-state index contributed by atoms with van der Waals surface area (Å²) in [7, 11) is 2.19. The van der Waals surface area contributed by atoms with E-state index in [9.17, 15) is 0 Å². The van der Waals surface area contributed by atoms with Crippen LogP contribution in [0, 0.1) is 18.8 Å². The molecule has 3 heterocycles. The van der Waals surface area contributed by atoms with Gasteiger partial charge in [0.15, 0.2) is 11.3 Å². The number of benzene rings is 2. The molecule has 8 nitrogen and oxygen atoms in total. The molecule has 6 N–H and O–H groups in total. The van der Waals surface area contributed by atoms with Gasteiger partial charge in [-0.2, -0.15) is 0 Å². The third-order valence-corrected chi connectivity index (χ3v) is 6.92. The number of furan rings is 1. The van der Waals surface area contributed by atoms with Crippen molar-refractivity contribution in [1.29, 1.82) is 0 Å². The van der Waals surface area contributed by atoms with Gasteiger partial charge in [-0.25, -0.2) is 4.98 Å². The van der Waals surface area contributed by atoms with Crippen molar-refractivity contribution in [2.75, 3.05) is 49.7 Å². The molecule has 0 atom stereocenters. The lowest BCUT2D eigenvalue weighted by atomic mass is 10.1. The number of nitrogens with two attached hydrogens (primary N) is 2. The van der Waals surface area contributed by atoms with Crippen LogP contribution < -0.4 is 22.3 Å². The third kappa shape index (κ3) is 5.76. The summed E-state index contributed by atoms with van der Waals surface area (Å²) in [4.78, 5) is 9.64. The highest BCUT2D eigenvalue weighted by Gasteiger charge is 2.16. The number of likely N-dealkylation sites (N-methyl/N-ethyl adjacent to an activating group) is 1. The van der Waals surface area contributed by atoms with Crippen LogP contribution >= 0.6 is 0 Å². The first-order valence-electron chi connectivity index (χ1n) is 13.0. The van der Waals surface area contributed by atoms with Crippen molar-refractivity contribution < 1.29 is 4.42 Å². The van der Waals surface area contributed by atoms with Crippen molar-refractivity contribution in [2.24, 2.45) is 5.84 Å². The summed E-state index contributed by atoms with van der Waals surface area (Å²) < 4.78 is 6.00. The molecule has 1 aliphatic rings. The second-order valence-electron chi connectivity index (χ2n) is 9.95. The van der Waals surface area contributed by atoms with Crippen LogP contribution in [0.4, 0.5) is 22.7 Å². The number of anilines is 4. The normalized spacial score (nSPS) is 14.3. The lowest BCUT2D eigenvalue weighted by Crippen LogP contribution is -2.43. The number of aryl methyl sites for hydroxylation is 2. The van der Waals surface area contributed by atoms with Crippen molar-refractivity contribution in [3.8, 4) is 11.8 Å². The molecule has 0 spiro atoms. The number of nitrogen functional groups attached to an aromatic ring is 2. The minimum atomic E-state index is 0.536. The Morgan fingerprint density at radius 1 is 1.03 bits per heavy atom. The monoisotopic (exact) mass is 509 g/mol. The fraction of sp³-hybridized carbons (Fsp3) is 0.300. The van der Waals surface area contributed by atoms with E-state index in [-0.39, 0.29) is 0 Å². The molecule has 0 aliphatic carbocycles. The Morgan fingerprint density at radius 3 is 2.58 bits per heavy atom. The summed E-state index contributed by atoms with van der Waals surface area (Å²) >= 11 is 0. The van der Waals surface area contributed by atoms with E-state index in [1.807, 2.05) is 6.07 Å². The molecule has 0 saturated carbocycles. The van der Waals surface area contributed by atoms with E-state index >= 15 is 0 Å². The minimum absolute atomic E-state index is 0.536. The number of nitrogens with zero attached hydrogens (tertiary/aromatic N) is 3. The maximum atomic E-state index is 6.04. The van der Waals surface area contributed by atoms with E-state index in [0.29, 0.717) is 22.7 Å². The molecule has 196 valence electrons. The molecule has 0 radical (unpaired) electrons. The largest absolute Gasteiger partial charge is 0.459 e. The van der Waals surface area contributed by atoms with Crippen LogP contribution in [0.15, 0.2) is 53.1 Å². The molecular formula is C30H35N7O. The number of nitrogens with one attached hydrogen (secondary N) is 2. The zero-order valence-corrected chi connectivity index (χ0v) is 22.3. The molecule has 2 aromatic carbocycles. The van der Waals surface area contributed by atoms with Crippen LogP contribution in [0.25, 0.3) is 11.0 Å². The lowest BCUT2D eigenvalue weighted by molar-refractivity contribution is 0.148. The topological polar surface area (TPSA) is 109 Å². The van der Waals surface area contributed by atoms with Gasteiger partial charge in [0.2, 0.25) is 0 Å². The van der Waals surface area contributed by atoms with Crippen molar-refractivity contribution in [1.82, 2.24) is 14.8 Å². The number of rotatable bonds is 6. The molecule has 2 aromatic heterocycles. The van der Waals surface area contributed by atoms with E-state index in [2.05, 4.69) is 77.5 Å². The van der Waals surface area contributed by atoms with Gasteiger partial charge in [0.05, 0.1) is 17.1 Å². The summed E-state index contributed by atoms with van der Waals surface area (Å²) in [5.41, 5.74) is 17.3. The summed E-state index contributed by atoms with van der Waals surface area (Å²) in [6.07, 6.45) is 2.54. The average molecular weight is 510 g/mol. The van der Waals surface area contributed by atoms with Gasteiger partial charge < -0.3 is 25.8 Å². The molecule has 0 unspecified atom stereocenters. The van der Waals surface area contributed by atoms with E-state index in [4.69, 9.17) is 21.0 Å². The minimum Gasteiger partial charge on any atom is -0.459 e. The quantitative estimate of drug-likeness (QED) is 0.131. The smallest absolute Gasteiger partial charge is 0.170 e. The van der Waals surface area contributed by atoms with Crippen molar-refractivity contribution in [2.45, 2.75) is 26.8 Å². The Labute approximate surface area is 224 Å². The standard InChI is InChI=1S/C30H35N7O/c1-4-23-17-25-29(34-24-14-20(2)13-22(15-24)18-37-11-9-36(3)10-12-37)19-38-30(25)28(33-23)8-6-21-5-7-27(35-32)26(31)16-21/h5,7,13-17,19,34-35H,4,9-12,18,31-32H2,1-3H3. The number of hydrogen-bond donors (Lipinski definition) is 4. The van der Waals surface area contributed by atoms with Crippen LogP contribution in [0.3, 0.4) is 0 Å². The molecule has 5 rings (SSSR count). The van der Waals surface area contributed by atoms with Gasteiger partial charge in [-0.3, -0.25) is 10.7 Å². The first-order valence-corrected chi connectivity index (χ1v) is 13.0. The second-order valence-corrected chi connectivity index (χ2v) is 9.95. The molecule has 38 heavy (non-hydrogen) atoms. The molecule has 0 amide bonds. The Balaban J connectivity index is 1.42. The summed E-state index contributed by atoms with van der Waals surface area (Å²) in [6, 6.07) is 14.2. The van der Waals surface area contributed by atoms with E-state index in [1.165, 1.54) is 11.1 Å². The number of pyridine rings is 1. The summed E-state index contributed by atoms with van der Waals surface area (Å²) in [6.45, 7) is 9.59. The summed E-state index contributed by atoms with van der Waals surface area (Å²) in [5.74, 6) is 11.8. The lowest BCUT2D eigenvalue weighted by Gasteiger charge is -2.32. The van der Waals surface area contributed by atoms with Gasteiger partial charge in [-0.05, 0) is 73.8 Å². The van der Waals surface area contributed by atoms with Crippen LogP contribution in [-0.2, 0) is 13.0 Å². The molecule has 1 fully saturated rings. The zero-order valence-electron chi connectivity index (χ0n) is 22.3. The maximum absolute atomic E-state index is 6.04. The highest BCUT2D eigenvalue weighted by atomic mass is 16.3. The Hall–Kier alpha value is -4.03. The third-order valence-electron chi connectivity index (χ3n) is 6.92. The maximum Gasteiger partial charge on any atom is 0.170 e. The van der Waals surface area contributed by atoms with Gasteiger partial charge in [-0.1, -0.05) is 18.9 Å². The molecule has 0 bridgehead atoms. The van der Waals surface area contributed by atoms with Gasteiger partial charge in [0.25, 0.3) is 0 Å². The van der Waals surface area contributed by atoms with Gasteiger partial charge in [-0.15, -0.1) is 0 Å². The number of hydrazine groups is 1. The van der Waals surface area contributed by atoms with E-state index in [1.54, 1.807) is 18.4 Å². The highest BCUT2D eigenvalue weighted by Crippen LogP contribution is 2.32. The van der Waals surface area contributed by atoms with Crippen molar-refractivity contribution >= 4 is 33.7 Å². The first kappa shape index (κ1) is 25.6. The van der Waals surface area contributed by atoms with Crippen molar-refractivity contribution in [3.05, 3.63) is 76.8 Å². The predicted octanol–water partition coefficient (Wildman–Crippen LogP) is 4.46. The molecule has 4 aromatic rings. The van der Waals surface area contributed by atoms with Gasteiger partial charge in [0.1, 0.15) is 6.26 Å². The zero-order chi connectivity index (χ0) is 26.6. The Morgan fingerprint density at radius 2 is 1.84 bits per heavy atom. The van der Waals surface area contributed by atoms with Crippen LogP contribution in [-0.4, -0.2) is 48.0 Å². The number of hydrogen-bond acceptors (Lipinski definition) is 8. The SMILES string of the molecule is CCc1cc2c(Nc3cc(C)cc(CN4CCN(C)CC4)c3)coc2c(C#Cc2ccc(NN)c(N)c2)n1. The molecule has 1 aliphatic heterocycles. The van der Waals surface area contributed by atoms with Crippen LogP contribution in [0.5, 0.6) is 0 Å². The molecule has 8 heteroatoms. The number of fused-ring (bicyclic) bond motifs is 1. The number of piperazine rings is 1. The van der Waals surface area contributed by atoms with Crippen LogP contribution in [0.2, 0.25) is 0 Å². The Bertz CT molecular complexity index is 1510. The highest BCUT2D eigenvalue weighted by molar-refractivity contribution is 5.95. The van der Waals surface area contributed by atoms with E-state index < -0.39 is 0 Å². The fourth-order valence-electron chi connectivity index (χ4n) is 4.80. The van der Waals surface area contributed by atoms with Gasteiger partial charge >= 0.3 is 0 Å². The predicted molar refractivity (Wildman–Crippen MR) is 155 cm³/mol. The van der Waals surface area contributed by atoms with Crippen molar-refractivity contribution in [3.63, 3.8) is 0 Å². The fourth-order valence-corrected chi connectivity index (χ4v) is 4.80. The first-order chi connectivity index (χ1) is 18.4. The van der Waals surface area contributed by atoms with Crippen LogP contribution in [0.1, 0.15) is 35.0 Å². The second kappa shape index (κ2) is 11.2. The van der Waals surface area contributed by atoms with Gasteiger partial charge in [0, 0.05) is 55.1 Å². The van der Waals surface area contributed by atoms with E-state index in [0.717, 1.165) is 67.2 Å². The summed E-state index contributed by atoms with van der Waals surface area (Å²) in [5, 5.41) is 4.56. The average Bonchev–Trinajstić information content (AvgIpc) is 3.30.